The Kier molecular flexibility index (Phi) is 36.1. The SMILES string of the molecule is CSCC[C@H](CC(=O)[C@@H](N)CCCCNC(=O)c1ccc(N=Nc2ccc(N(C)C)cc2)cc1)C(=O)N[C@@H](CO)C(=O)CCC(=O)N[C@@H](C)C(=O)C[C@@H](C)C(=O)N[C@@H](C)C(=O)C[C@H](C(=O)N[C@@H](C)C(=O)C[C@@H](CCC(=O)NCCNc1cccc2c(C)cccc12)C(=O)NCC(=O)O)[C@@H](C)O. The average Bonchev–Trinajstić information content (AvgIpc) is 0.819. The number of amides is 7. The molecule has 29 heteroatoms. The van der Waals surface area contributed by atoms with E-state index in [-0.39, 0.29) is 50.3 Å². The number of unbranched alkanes of at least 4 members (excludes halogenated alkanes) is 1. The van der Waals surface area contributed by atoms with Crippen LogP contribution in [0.5, 0.6) is 0 Å². The van der Waals surface area contributed by atoms with E-state index >= 15 is 0 Å². The number of Topliss-reactive ketones (excluding diaryl/α,β-unsaturated/α-hetero) is 5. The van der Waals surface area contributed by atoms with Crippen molar-refractivity contribution in [2.24, 2.45) is 39.6 Å². The van der Waals surface area contributed by atoms with Gasteiger partial charge in [-0.3, -0.25) is 62.3 Å². The molecule has 0 aliphatic heterocycles. The van der Waals surface area contributed by atoms with Crippen LogP contribution in [0, 0.1) is 30.6 Å². The van der Waals surface area contributed by atoms with Crippen LogP contribution < -0.4 is 53.2 Å². The maximum atomic E-state index is 13.5. The van der Waals surface area contributed by atoms with Gasteiger partial charge < -0.3 is 68.5 Å². The van der Waals surface area contributed by atoms with Gasteiger partial charge in [-0.1, -0.05) is 37.3 Å². The number of aliphatic hydroxyl groups is 2. The second-order valence-electron chi connectivity index (χ2n) is 25.5. The van der Waals surface area contributed by atoms with Crippen LogP contribution in [-0.4, -0.2) is 187 Å². The lowest BCUT2D eigenvalue weighted by molar-refractivity contribution is -0.139. The Morgan fingerprint density at radius 3 is 1.76 bits per heavy atom. The Balaban J connectivity index is 1.16. The lowest BCUT2D eigenvalue weighted by Crippen LogP contribution is -2.48. The van der Waals surface area contributed by atoms with Crippen molar-refractivity contribution in [1.82, 2.24) is 37.2 Å². The molecular weight excluding hydrogens is 1320 g/mol. The van der Waals surface area contributed by atoms with E-state index in [4.69, 9.17) is 5.73 Å². The van der Waals surface area contributed by atoms with Gasteiger partial charge in [0, 0.05) is 119 Å². The Bertz CT molecular complexity index is 3530. The smallest absolute Gasteiger partial charge is 0.322 e. The molecule has 0 spiro atoms. The number of azo groups is 1. The fourth-order valence-corrected chi connectivity index (χ4v) is 11.1. The highest BCUT2D eigenvalue weighted by Crippen LogP contribution is 2.27. The van der Waals surface area contributed by atoms with E-state index in [1.165, 1.54) is 46.4 Å². The number of hydrogen-bond donors (Lipinski definition) is 12. The van der Waals surface area contributed by atoms with Gasteiger partial charge in [-0.2, -0.15) is 22.0 Å². The van der Waals surface area contributed by atoms with Gasteiger partial charge in [0.1, 0.15) is 18.4 Å². The number of aliphatic hydroxyl groups excluding tert-OH is 2. The summed E-state index contributed by atoms with van der Waals surface area (Å²) in [6.07, 6.45) is -1.02. The van der Waals surface area contributed by atoms with Gasteiger partial charge in [-0.15, -0.1) is 0 Å². The average molecular weight is 1420 g/mol. The molecule has 4 aromatic carbocycles. The third-order valence-electron chi connectivity index (χ3n) is 17.1. The number of nitrogens with two attached hydrogens (primary N) is 1. The minimum Gasteiger partial charge on any atom is -0.480 e. The summed E-state index contributed by atoms with van der Waals surface area (Å²) in [5, 5.41) is 61.6. The van der Waals surface area contributed by atoms with Crippen molar-refractivity contribution in [2.75, 3.05) is 69.1 Å². The first-order valence-corrected chi connectivity index (χ1v) is 35.3. The number of carboxylic acids is 1. The first-order chi connectivity index (χ1) is 47.9. The van der Waals surface area contributed by atoms with E-state index in [2.05, 4.69) is 52.8 Å². The van der Waals surface area contributed by atoms with Crippen LogP contribution in [0.4, 0.5) is 22.7 Å². The number of nitrogens with one attached hydrogen (secondary N) is 8. The topological polar surface area (TPSA) is 433 Å². The zero-order valence-corrected chi connectivity index (χ0v) is 59.9. The van der Waals surface area contributed by atoms with Gasteiger partial charge in [0.2, 0.25) is 35.4 Å². The number of thioether (sulfide) groups is 1. The Hall–Kier alpha value is -9.32. The largest absolute Gasteiger partial charge is 0.480 e. The summed E-state index contributed by atoms with van der Waals surface area (Å²) in [6, 6.07) is 20.1. The number of ketones is 5. The predicted octanol–water partition coefficient (Wildman–Crippen LogP) is 4.86. The minimum atomic E-state index is -1.44. The fraction of sp³-hybridized carbons (Fsp3) is 0.514. The molecule has 0 aliphatic rings. The lowest BCUT2D eigenvalue weighted by Gasteiger charge is -2.24. The number of benzene rings is 4. The summed E-state index contributed by atoms with van der Waals surface area (Å²) < 4.78 is 0. The van der Waals surface area contributed by atoms with Crippen LogP contribution >= 0.6 is 11.8 Å². The second kappa shape index (κ2) is 43.4. The molecule has 0 radical (unpaired) electrons. The quantitative estimate of drug-likeness (QED) is 0.0207. The van der Waals surface area contributed by atoms with Crippen LogP contribution in [0.3, 0.4) is 0 Å². The molecule has 101 heavy (non-hydrogen) atoms. The Morgan fingerprint density at radius 1 is 0.554 bits per heavy atom. The van der Waals surface area contributed by atoms with Crippen LogP contribution in [0.1, 0.15) is 128 Å². The highest BCUT2D eigenvalue weighted by molar-refractivity contribution is 7.98. The molecule has 0 bridgehead atoms. The summed E-state index contributed by atoms with van der Waals surface area (Å²) in [5.41, 5.74) is 11.0. The summed E-state index contributed by atoms with van der Waals surface area (Å²) in [6.45, 7) is 8.04. The van der Waals surface area contributed by atoms with Gasteiger partial charge >= 0.3 is 5.97 Å². The molecule has 0 fully saturated rings. The van der Waals surface area contributed by atoms with Crippen molar-refractivity contribution < 1.29 is 77.6 Å². The van der Waals surface area contributed by atoms with Crippen molar-refractivity contribution in [2.45, 2.75) is 155 Å². The van der Waals surface area contributed by atoms with Gasteiger partial charge in [-0.25, -0.2) is 0 Å². The molecule has 4 rings (SSSR count). The van der Waals surface area contributed by atoms with Crippen LogP contribution in [-0.2, 0) is 57.5 Å². The van der Waals surface area contributed by atoms with Crippen molar-refractivity contribution in [3.8, 4) is 0 Å². The number of nitrogens with zero attached hydrogens (tertiary/aromatic N) is 3. The summed E-state index contributed by atoms with van der Waals surface area (Å²) in [7, 11) is 3.89. The van der Waals surface area contributed by atoms with Gasteiger partial charge in [0.15, 0.2) is 23.1 Å². The molecule has 28 nitrogen and oxygen atoms in total. The van der Waals surface area contributed by atoms with Crippen molar-refractivity contribution in [3.63, 3.8) is 0 Å². The third kappa shape index (κ3) is 29.4. The number of anilines is 2. The molecule has 0 unspecified atom stereocenters. The highest BCUT2D eigenvalue weighted by atomic mass is 32.2. The summed E-state index contributed by atoms with van der Waals surface area (Å²) in [5.74, 6) is -12.9. The summed E-state index contributed by atoms with van der Waals surface area (Å²) in [4.78, 5) is 172. The first kappa shape index (κ1) is 84.1. The molecule has 0 aromatic heterocycles. The molecule has 10 atom stereocenters. The normalized spacial score (nSPS) is 14.2. The molecule has 4 aromatic rings. The molecule has 0 aliphatic carbocycles. The molecule has 13 N–H and O–H groups in total. The van der Waals surface area contributed by atoms with E-state index < -0.39 is 170 Å². The highest BCUT2D eigenvalue weighted by Gasteiger charge is 2.34. The number of aryl methyl sites for hydroxylation is 1. The molecule has 0 heterocycles. The van der Waals surface area contributed by atoms with Gasteiger partial charge in [-0.05, 0) is 144 Å². The molecule has 550 valence electrons. The van der Waals surface area contributed by atoms with Gasteiger partial charge in [0.05, 0.1) is 54.2 Å². The van der Waals surface area contributed by atoms with Crippen LogP contribution in [0.2, 0.25) is 0 Å². The molecule has 7 amide bonds. The maximum absolute atomic E-state index is 13.5. The van der Waals surface area contributed by atoms with Gasteiger partial charge in [0.25, 0.3) is 5.91 Å². The Morgan fingerprint density at radius 2 is 1.14 bits per heavy atom. The number of carboxylic acid groups (broad SMARTS) is 1. The Labute approximate surface area is 593 Å². The van der Waals surface area contributed by atoms with E-state index in [1.807, 2.05) is 92.8 Å². The maximum Gasteiger partial charge on any atom is 0.322 e. The van der Waals surface area contributed by atoms with E-state index in [0.717, 1.165) is 27.7 Å². The molecule has 0 saturated heterocycles. The lowest BCUT2D eigenvalue weighted by atomic mass is 9.91. The number of hydrogen-bond acceptors (Lipinski definition) is 21. The van der Waals surface area contributed by atoms with Crippen molar-refractivity contribution in [3.05, 3.63) is 96.1 Å². The predicted molar refractivity (Wildman–Crippen MR) is 384 cm³/mol. The summed E-state index contributed by atoms with van der Waals surface area (Å²) >= 11 is 1.44. The van der Waals surface area contributed by atoms with Crippen molar-refractivity contribution >= 4 is 122 Å². The van der Waals surface area contributed by atoms with Crippen molar-refractivity contribution in [1.29, 1.82) is 0 Å². The zero-order valence-electron chi connectivity index (χ0n) is 59.1. The minimum absolute atomic E-state index is 0.149. The standard InChI is InChI=1S/C72H100N12O16S/c1-42-14-12-16-55-54(42)15-13-18-58(55)74-33-34-75-65(92)29-21-49(70(98)77-40-67(94)95)37-62(89)45(4)80-72(100)56(47(6)86)39-63(90)46(5)79-68(96)43(2)36-61(88)44(3)78-66(93)30-28-60(87)59(41-85)81-71(99)50(31-35-101-9)38-64(91)57(73)17-10-11-32-76-69(97)48-19-22-51(23-20-48)82-83-52-24-26-53(27-25-52)84(7)8/h12-16,18-20,22-27,43-47,49-50,56-57,59,74,85-86H,10-11,17,21,28-41,73H2,1-9H3,(H,75,92)(H,76,97)(H,77,98)(H,78,93)(H,79,96)(H,80,100)(H,81,99)(H,94,95)/t43-,44+,45+,46+,47-,49-,50-,56+,57+,59+/m1/s1. The molecule has 0 saturated carbocycles. The van der Waals surface area contributed by atoms with Crippen LogP contribution in [0.15, 0.2) is 95.2 Å². The first-order valence-electron chi connectivity index (χ1n) is 33.9. The van der Waals surface area contributed by atoms with E-state index in [1.54, 1.807) is 24.3 Å². The van der Waals surface area contributed by atoms with Crippen LogP contribution in [0.25, 0.3) is 10.8 Å². The van der Waals surface area contributed by atoms with E-state index in [0.29, 0.717) is 48.6 Å². The van der Waals surface area contributed by atoms with E-state index in [9.17, 15) is 77.6 Å². The number of carbonyl (C=O) groups excluding carboxylic acids is 12. The molecular formula is C72H100N12O16S. The third-order valence-corrected chi connectivity index (χ3v) is 17.7. The number of carbonyl (C=O) groups is 13. The monoisotopic (exact) mass is 1420 g/mol. The number of aliphatic carboxylic acids is 1. The second-order valence-corrected chi connectivity index (χ2v) is 26.5. The zero-order chi connectivity index (χ0) is 74.9. The number of rotatable bonds is 47. The fourth-order valence-electron chi connectivity index (χ4n) is 10.6. The number of fused-ring (bicyclic) bond motifs is 1.